The van der Waals surface area contributed by atoms with Crippen molar-refractivity contribution >= 4 is 113 Å². The summed E-state index contributed by atoms with van der Waals surface area (Å²) in [5, 5.41) is 8.05. The van der Waals surface area contributed by atoms with Gasteiger partial charge in [0.2, 0.25) is 13.4 Å². The molecule has 0 aromatic heterocycles. The largest absolute Gasteiger partial charge is 0.311 e. The Bertz CT molecular complexity index is 4800. The molecule has 0 unspecified atom stereocenters. The lowest BCUT2D eigenvalue weighted by atomic mass is 9.31. The van der Waals surface area contributed by atoms with Crippen LogP contribution in [0.1, 0.15) is 50.7 Å². The number of fused-ring (bicyclic) bond motifs is 8. The number of anilines is 6. The summed E-state index contributed by atoms with van der Waals surface area (Å²) < 4.78 is 0. The molecule has 0 N–H and O–H groups in total. The van der Waals surface area contributed by atoms with Gasteiger partial charge in [0.15, 0.2) is 0 Å². The molecule has 86 heavy (non-hydrogen) atoms. The molecule has 0 saturated heterocycles. The van der Waals surface area contributed by atoms with Crippen LogP contribution in [-0.2, 0) is 0 Å². The third-order valence-electron chi connectivity index (χ3n) is 19.7. The van der Waals surface area contributed by atoms with E-state index in [4.69, 9.17) is 0 Å². The molecule has 0 aliphatic carbocycles. The highest BCUT2D eigenvalue weighted by atomic mass is 15.2. The first-order valence-corrected chi connectivity index (χ1v) is 30.8. The Balaban J connectivity index is 1.08. The second-order valence-electron chi connectivity index (χ2n) is 24.9. The summed E-state index contributed by atoms with van der Waals surface area (Å²) in [6.45, 7) is 9.36. The molecule has 0 radical (unpaired) electrons. The molecule has 0 saturated carbocycles. The molecule has 0 bridgehead atoms. The van der Waals surface area contributed by atoms with Crippen LogP contribution in [0.2, 0.25) is 0 Å². The molecule has 4 aliphatic rings. The van der Waals surface area contributed by atoms with Crippen LogP contribution in [0.25, 0.3) is 99.1 Å². The Hall–Kier alpha value is -10.2. The maximum absolute atomic E-state index is 2.70. The van der Waals surface area contributed by atoms with Crippen LogP contribution < -0.4 is 42.6 Å². The van der Waals surface area contributed by atoms with E-state index in [1.54, 1.807) is 0 Å². The fourth-order valence-corrected chi connectivity index (χ4v) is 16.0. The van der Waals surface area contributed by atoms with Crippen molar-refractivity contribution in [1.82, 2.24) is 0 Å². The van der Waals surface area contributed by atoms with Crippen LogP contribution in [0.15, 0.2) is 267 Å². The van der Waals surface area contributed by atoms with Gasteiger partial charge in [0.05, 0.1) is 0 Å². The van der Waals surface area contributed by atoms with Crippen molar-refractivity contribution in [3.05, 3.63) is 278 Å². The van der Waals surface area contributed by atoms with Crippen molar-refractivity contribution < 1.29 is 0 Å². The monoisotopic (exact) mass is 1090 g/mol. The van der Waals surface area contributed by atoms with E-state index >= 15 is 0 Å². The molecule has 0 atom stereocenters. The van der Waals surface area contributed by atoms with E-state index < -0.39 is 0 Å². The Morgan fingerprint density at radius 1 is 0.256 bits per heavy atom. The maximum Gasteiger partial charge on any atom is 0.248 e. The molecular weight excluding hydrogens is 1030 g/mol. The third kappa shape index (κ3) is 6.93. The van der Waals surface area contributed by atoms with Crippen LogP contribution in [0, 0.1) is 0 Å². The molecule has 0 spiro atoms. The van der Waals surface area contributed by atoms with Crippen molar-refractivity contribution in [2.75, 3.05) is 9.80 Å². The highest BCUT2D eigenvalue weighted by Gasteiger charge is 2.46. The van der Waals surface area contributed by atoms with E-state index in [0.717, 1.165) is 0 Å². The molecule has 14 aromatic rings. The Morgan fingerprint density at radius 3 is 1.00 bits per heavy atom. The quantitative estimate of drug-likeness (QED) is 0.111. The van der Waals surface area contributed by atoms with E-state index in [0.29, 0.717) is 0 Å². The lowest BCUT2D eigenvalue weighted by Gasteiger charge is -2.43. The van der Waals surface area contributed by atoms with Crippen LogP contribution >= 0.6 is 0 Å². The van der Waals surface area contributed by atoms with Gasteiger partial charge in [-0.1, -0.05) is 245 Å². The Morgan fingerprint density at radius 2 is 0.605 bits per heavy atom. The number of nitrogens with zero attached hydrogens (tertiary/aromatic N) is 2. The van der Waals surface area contributed by atoms with Crippen LogP contribution in [0.4, 0.5) is 34.1 Å². The summed E-state index contributed by atoms with van der Waals surface area (Å²) in [6.07, 6.45) is 0. The van der Waals surface area contributed by atoms with Gasteiger partial charge in [0.25, 0.3) is 0 Å². The fourth-order valence-electron chi connectivity index (χ4n) is 16.0. The molecule has 4 heteroatoms. The van der Waals surface area contributed by atoms with Crippen LogP contribution in [0.3, 0.4) is 0 Å². The second kappa shape index (κ2) is 18.7. The number of hydrogen-bond donors (Lipinski definition) is 0. The molecular formula is C82H58B2N2. The summed E-state index contributed by atoms with van der Waals surface area (Å²) in [5.41, 5.74) is 33.3. The molecule has 2 nitrogen and oxygen atoms in total. The first kappa shape index (κ1) is 49.3. The van der Waals surface area contributed by atoms with E-state index in [-0.39, 0.29) is 25.3 Å². The summed E-state index contributed by atoms with van der Waals surface area (Å²) >= 11 is 0. The van der Waals surface area contributed by atoms with Gasteiger partial charge in [-0.2, -0.15) is 0 Å². The fraction of sp³-hybridized carbons (Fsp3) is 0.0732. The summed E-state index contributed by atoms with van der Waals surface area (Å²) in [7, 11) is 0. The topological polar surface area (TPSA) is 6.48 Å². The van der Waals surface area contributed by atoms with E-state index in [9.17, 15) is 0 Å². The zero-order valence-corrected chi connectivity index (χ0v) is 48.6. The zero-order valence-electron chi connectivity index (χ0n) is 48.6. The van der Waals surface area contributed by atoms with Gasteiger partial charge in [0.1, 0.15) is 0 Å². The molecule has 402 valence electrons. The molecule has 4 heterocycles. The van der Waals surface area contributed by atoms with Gasteiger partial charge in [-0.05, 0) is 205 Å². The number of benzene rings is 14. The Kier molecular flexibility index (Phi) is 10.7. The third-order valence-corrected chi connectivity index (χ3v) is 19.7. The maximum atomic E-state index is 2.70. The highest BCUT2D eigenvalue weighted by molar-refractivity contribution is 7.02. The van der Waals surface area contributed by atoms with Gasteiger partial charge in [-0.3, -0.25) is 0 Å². The first-order valence-electron chi connectivity index (χ1n) is 30.8. The minimum atomic E-state index is -0.0470. The van der Waals surface area contributed by atoms with Gasteiger partial charge in [-0.15, -0.1) is 0 Å². The number of para-hydroxylation sites is 4. The van der Waals surface area contributed by atoms with Gasteiger partial charge >= 0.3 is 0 Å². The summed E-state index contributed by atoms with van der Waals surface area (Å²) in [6, 6.07) is 102. The standard InChI is InChI=1S/C82H58B2N2/c1-49(2)53-41-67-63-45-61(59-35-19-17-33-57(59)51-25-9-5-10-26-51)65-48-72-78-64(68-42-54(50(3)4)44-76-82(68)84(72)70-38-22-24-40-74(70)86(76)56-31-15-8-16-32-56)46-62(60-36-20-18-34-58(60)52-27-11-6-12-28-52)66-47-71(77(63)79(65)80(66)78)83-69-37-21-23-39-73(69)85(75(43-53)81(67)83)55-29-13-7-14-30-55/h5-50H,1-4H3. The highest BCUT2D eigenvalue weighted by Crippen LogP contribution is 2.54. The molecule has 18 rings (SSSR count). The molecule has 0 fully saturated rings. The smallest absolute Gasteiger partial charge is 0.248 e. The molecule has 4 aliphatic heterocycles. The minimum absolute atomic E-state index is 0.0470. The van der Waals surface area contributed by atoms with Crippen molar-refractivity contribution in [3.8, 4) is 66.8 Å². The van der Waals surface area contributed by atoms with E-state index in [2.05, 4.69) is 304 Å². The van der Waals surface area contributed by atoms with Gasteiger partial charge in [0, 0.05) is 34.1 Å². The van der Waals surface area contributed by atoms with E-state index in [1.165, 1.54) is 177 Å². The predicted octanol–water partition coefficient (Wildman–Crippen LogP) is 18.1. The SMILES string of the molecule is CC(C)c1cc2c3c(c1)N(c1ccccc1)c1ccccc1B3c1cc3c(-c4ccccc4-c4ccccc4)cc4c5c(cc6c(-c7ccccc7-c7ccccc7)cc-2c1c6c35)B1c2ccccc2N(c2ccccc2)c2cc(C(C)C)cc-4c21. The van der Waals surface area contributed by atoms with Crippen LogP contribution in [0.5, 0.6) is 0 Å². The summed E-state index contributed by atoms with van der Waals surface area (Å²) in [4.78, 5) is 5.13. The summed E-state index contributed by atoms with van der Waals surface area (Å²) in [5.74, 6) is 0.577. The van der Waals surface area contributed by atoms with Gasteiger partial charge in [-0.25, -0.2) is 0 Å². The molecule has 14 aromatic carbocycles. The minimum Gasteiger partial charge on any atom is -0.311 e. The second-order valence-corrected chi connectivity index (χ2v) is 24.9. The Labute approximate surface area is 503 Å². The number of hydrogen-bond acceptors (Lipinski definition) is 2. The van der Waals surface area contributed by atoms with Gasteiger partial charge < -0.3 is 9.80 Å². The normalized spacial score (nSPS) is 13.2. The van der Waals surface area contributed by atoms with Crippen molar-refractivity contribution in [2.24, 2.45) is 0 Å². The number of rotatable bonds is 8. The lowest BCUT2D eigenvalue weighted by Crippen LogP contribution is -2.60. The average molecular weight is 1090 g/mol. The zero-order chi connectivity index (χ0) is 57.1. The first-order chi connectivity index (χ1) is 42.4. The molecule has 0 amide bonds. The van der Waals surface area contributed by atoms with E-state index in [1.807, 2.05) is 0 Å². The predicted molar refractivity (Wildman–Crippen MR) is 370 cm³/mol. The van der Waals surface area contributed by atoms with Crippen molar-refractivity contribution in [2.45, 2.75) is 39.5 Å². The van der Waals surface area contributed by atoms with Crippen LogP contribution in [-0.4, -0.2) is 13.4 Å². The average Bonchev–Trinajstić information content (AvgIpc) is 0.850. The van der Waals surface area contributed by atoms with Crippen molar-refractivity contribution in [1.29, 1.82) is 0 Å². The van der Waals surface area contributed by atoms with Crippen molar-refractivity contribution in [3.63, 3.8) is 0 Å². The lowest BCUT2D eigenvalue weighted by molar-refractivity contribution is 0.867.